The van der Waals surface area contributed by atoms with Crippen LogP contribution < -0.4 is 16.4 Å². The summed E-state index contributed by atoms with van der Waals surface area (Å²) in [6.07, 6.45) is 3.13. The van der Waals surface area contributed by atoms with Crippen LogP contribution in [0, 0.1) is 0 Å². The summed E-state index contributed by atoms with van der Waals surface area (Å²) in [6.45, 7) is 0. The molecule has 0 radical (unpaired) electrons. The zero-order valence-corrected chi connectivity index (χ0v) is 15.7. The van der Waals surface area contributed by atoms with Crippen LogP contribution in [0.1, 0.15) is 10.4 Å². The van der Waals surface area contributed by atoms with Crippen molar-refractivity contribution in [3.63, 3.8) is 0 Å². The minimum absolute atomic E-state index is 0.234. The highest BCUT2D eigenvalue weighted by atomic mass is 35.5. The SMILES string of the molecule is CNc1cc(Nc2cccc(-c3nccs3)c2Cl)nc2c(C(N)=O)cnn12. The number of nitrogens with two attached hydrogens (primary N) is 1. The summed E-state index contributed by atoms with van der Waals surface area (Å²) in [5, 5.41) is 13.6. The molecular formula is C17H14ClN7OS. The van der Waals surface area contributed by atoms with E-state index in [1.54, 1.807) is 19.3 Å². The number of amides is 1. The van der Waals surface area contributed by atoms with Gasteiger partial charge in [0, 0.05) is 30.3 Å². The molecule has 3 heterocycles. The molecule has 4 rings (SSSR count). The molecule has 0 atom stereocenters. The normalized spacial score (nSPS) is 10.9. The van der Waals surface area contributed by atoms with Crippen LogP contribution in [0.4, 0.5) is 17.3 Å². The Morgan fingerprint density at radius 1 is 1.37 bits per heavy atom. The maximum absolute atomic E-state index is 11.6. The summed E-state index contributed by atoms with van der Waals surface area (Å²) < 4.78 is 1.51. The fourth-order valence-electron chi connectivity index (χ4n) is 2.67. The Balaban J connectivity index is 1.79. The summed E-state index contributed by atoms with van der Waals surface area (Å²) in [5.74, 6) is 0.538. The lowest BCUT2D eigenvalue weighted by atomic mass is 10.2. The first-order valence-electron chi connectivity index (χ1n) is 7.90. The number of primary amides is 1. The number of fused-ring (bicyclic) bond motifs is 1. The Morgan fingerprint density at radius 3 is 2.93 bits per heavy atom. The van der Waals surface area contributed by atoms with E-state index in [1.807, 2.05) is 23.6 Å². The molecule has 4 aromatic rings. The van der Waals surface area contributed by atoms with Gasteiger partial charge in [0.15, 0.2) is 5.65 Å². The van der Waals surface area contributed by atoms with E-state index in [-0.39, 0.29) is 5.56 Å². The molecule has 1 aromatic carbocycles. The second kappa shape index (κ2) is 6.86. The molecule has 0 aliphatic heterocycles. The molecule has 0 spiro atoms. The molecular weight excluding hydrogens is 386 g/mol. The number of aromatic nitrogens is 4. The number of hydrogen-bond acceptors (Lipinski definition) is 7. The number of benzene rings is 1. The third kappa shape index (κ3) is 3.07. The van der Waals surface area contributed by atoms with E-state index in [2.05, 4.69) is 25.7 Å². The van der Waals surface area contributed by atoms with Crippen molar-refractivity contribution in [3.8, 4) is 10.6 Å². The van der Waals surface area contributed by atoms with E-state index < -0.39 is 5.91 Å². The molecule has 8 nitrogen and oxygen atoms in total. The van der Waals surface area contributed by atoms with Crippen LogP contribution in [-0.2, 0) is 0 Å². The Hall–Kier alpha value is -3.17. The molecule has 0 fully saturated rings. The van der Waals surface area contributed by atoms with Crippen molar-refractivity contribution in [2.24, 2.45) is 5.73 Å². The van der Waals surface area contributed by atoms with Gasteiger partial charge in [-0.05, 0) is 6.07 Å². The van der Waals surface area contributed by atoms with Gasteiger partial charge in [0.05, 0.1) is 16.9 Å². The standard InChI is InChI=1S/C17H14ClN7OS/c1-20-13-7-12(24-16-10(15(19)26)8-22-25(13)16)23-11-4-2-3-9(14(11)18)17-21-5-6-27-17/h2-8,20H,1H3,(H2,19,26)(H,23,24). The van der Waals surface area contributed by atoms with Crippen molar-refractivity contribution in [1.82, 2.24) is 19.6 Å². The van der Waals surface area contributed by atoms with Crippen LogP contribution in [0.15, 0.2) is 42.0 Å². The van der Waals surface area contributed by atoms with Crippen LogP contribution in [0.5, 0.6) is 0 Å². The van der Waals surface area contributed by atoms with Crippen LogP contribution in [0.2, 0.25) is 5.02 Å². The van der Waals surface area contributed by atoms with Gasteiger partial charge in [0.1, 0.15) is 22.2 Å². The average molecular weight is 400 g/mol. The Labute approximate surface area is 163 Å². The van der Waals surface area contributed by atoms with E-state index in [1.165, 1.54) is 22.0 Å². The minimum Gasteiger partial charge on any atom is -0.373 e. The highest BCUT2D eigenvalue weighted by Crippen LogP contribution is 2.36. The third-order valence-electron chi connectivity index (χ3n) is 3.92. The maximum atomic E-state index is 11.6. The van der Waals surface area contributed by atoms with Gasteiger partial charge in [-0.15, -0.1) is 11.3 Å². The van der Waals surface area contributed by atoms with Crippen LogP contribution in [-0.4, -0.2) is 32.5 Å². The molecule has 0 saturated carbocycles. The number of rotatable bonds is 5. The number of nitrogens with zero attached hydrogens (tertiary/aromatic N) is 4. The summed E-state index contributed by atoms with van der Waals surface area (Å²) in [4.78, 5) is 20.4. The monoisotopic (exact) mass is 399 g/mol. The predicted molar refractivity (Wildman–Crippen MR) is 107 cm³/mol. The van der Waals surface area contributed by atoms with Crippen molar-refractivity contribution >= 4 is 51.8 Å². The molecule has 0 saturated heterocycles. The van der Waals surface area contributed by atoms with Gasteiger partial charge >= 0.3 is 0 Å². The first-order chi connectivity index (χ1) is 13.1. The smallest absolute Gasteiger partial charge is 0.254 e. The van der Waals surface area contributed by atoms with E-state index >= 15 is 0 Å². The first-order valence-corrected chi connectivity index (χ1v) is 9.16. The zero-order chi connectivity index (χ0) is 19.0. The highest BCUT2D eigenvalue weighted by molar-refractivity contribution is 7.13. The third-order valence-corrected chi connectivity index (χ3v) is 5.13. The highest BCUT2D eigenvalue weighted by Gasteiger charge is 2.16. The summed E-state index contributed by atoms with van der Waals surface area (Å²) in [7, 11) is 1.75. The lowest BCUT2D eigenvalue weighted by Crippen LogP contribution is -2.12. The van der Waals surface area contributed by atoms with Gasteiger partial charge in [-0.3, -0.25) is 4.79 Å². The van der Waals surface area contributed by atoms with Gasteiger partial charge in [-0.2, -0.15) is 9.61 Å². The van der Waals surface area contributed by atoms with Crippen LogP contribution in [0.25, 0.3) is 16.2 Å². The minimum atomic E-state index is -0.597. The largest absolute Gasteiger partial charge is 0.373 e. The molecule has 27 heavy (non-hydrogen) atoms. The van der Waals surface area contributed by atoms with Crippen LogP contribution >= 0.6 is 22.9 Å². The van der Waals surface area contributed by atoms with E-state index in [0.29, 0.717) is 28.0 Å². The molecule has 0 aliphatic rings. The number of halogens is 1. The number of carbonyl (C=O) groups is 1. The van der Waals surface area contributed by atoms with Crippen molar-refractivity contribution in [2.75, 3.05) is 17.7 Å². The maximum Gasteiger partial charge on any atom is 0.254 e. The second-order valence-corrected chi connectivity index (χ2v) is 6.84. The van der Waals surface area contributed by atoms with Gasteiger partial charge in [0.2, 0.25) is 0 Å². The Kier molecular flexibility index (Phi) is 4.38. The molecule has 10 heteroatoms. The number of carbonyl (C=O) groups excluding carboxylic acids is 1. The molecule has 136 valence electrons. The van der Waals surface area contributed by atoms with Gasteiger partial charge in [-0.25, -0.2) is 9.97 Å². The fourth-order valence-corrected chi connectivity index (χ4v) is 3.66. The molecule has 0 bridgehead atoms. The van der Waals surface area contributed by atoms with E-state index in [0.717, 1.165) is 10.6 Å². The topological polar surface area (TPSA) is 110 Å². The summed E-state index contributed by atoms with van der Waals surface area (Å²) in [5.41, 5.74) is 7.50. The number of anilines is 3. The van der Waals surface area contributed by atoms with Crippen molar-refractivity contribution in [3.05, 3.63) is 52.6 Å². The number of nitrogens with one attached hydrogen (secondary N) is 2. The van der Waals surface area contributed by atoms with Gasteiger partial charge in [-0.1, -0.05) is 23.7 Å². The lowest BCUT2D eigenvalue weighted by molar-refractivity contribution is 0.100. The summed E-state index contributed by atoms with van der Waals surface area (Å²) in [6, 6.07) is 7.40. The number of thiazole rings is 1. The van der Waals surface area contributed by atoms with Crippen molar-refractivity contribution < 1.29 is 4.79 Å². The molecule has 0 aliphatic carbocycles. The average Bonchev–Trinajstić information content (AvgIpc) is 3.32. The van der Waals surface area contributed by atoms with E-state index in [9.17, 15) is 4.79 Å². The van der Waals surface area contributed by atoms with Gasteiger partial charge in [0.25, 0.3) is 5.91 Å². The first kappa shape index (κ1) is 17.3. The van der Waals surface area contributed by atoms with Gasteiger partial charge < -0.3 is 16.4 Å². The molecule has 3 aromatic heterocycles. The summed E-state index contributed by atoms with van der Waals surface area (Å²) >= 11 is 8.08. The predicted octanol–water partition coefficient (Wildman–Crippen LogP) is 3.39. The lowest BCUT2D eigenvalue weighted by Gasteiger charge is -2.12. The second-order valence-electron chi connectivity index (χ2n) is 5.56. The Bertz CT molecular complexity index is 1140. The molecule has 1 amide bonds. The Morgan fingerprint density at radius 2 is 2.22 bits per heavy atom. The van der Waals surface area contributed by atoms with Crippen molar-refractivity contribution in [2.45, 2.75) is 0 Å². The van der Waals surface area contributed by atoms with Crippen LogP contribution in [0.3, 0.4) is 0 Å². The van der Waals surface area contributed by atoms with Crippen molar-refractivity contribution in [1.29, 1.82) is 0 Å². The fraction of sp³-hybridized carbons (Fsp3) is 0.0588. The number of hydrogen-bond donors (Lipinski definition) is 3. The molecule has 4 N–H and O–H groups in total. The van der Waals surface area contributed by atoms with E-state index in [4.69, 9.17) is 17.3 Å². The molecule has 0 unspecified atom stereocenters. The zero-order valence-electron chi connectivity index (χ0n) is 14.1. The quantitative estimate of drug-likeness (QED) is 0.474.